The van der Waals surface area contributed by atoms with Crippen LogP contribution in [-0.2, 0) is 4.74 Å². The van der Waals surface area contributed by atoms with Crippen LogP contribution in [0.5, 0.6) is 5.75 Å². The van der Waals surface area contributed by atoms with E-state index >= 15 is 0 Å². The SMILES string of the molecule is CCCNC(COCCC)c1ccc(OC(C)C)cc1. The molecular formula is C17H29NO2. The maximum absolute atomic E-state index is 5.70. The standard InChI is InChI=1S/C17H29NO2/c1-5-11-18-17(13-19-12-6-2)15-7-9-16(10-8-15)20-14(3)4/h7-10,14,17-18H,5-6,11-13H2,1-4H3. The smallest absolute Gasteiger partial charge is 0.119 e. The molecule has 20 heavy (non-hydrogen) atoms. The first-order valence-electron chi connectivity index (χ1n) is 7.75. The zero-order valence-corrected chi connectivity index (χ0v) is 13.3. The highest BCUT2D eigenvalue weighted by molar-refractivity contribution is 5.29. The summed E-state index contributed by atoms with van der Waals surface area (Å²) >= 11 is 0. The van der Waals surface area contributed by atoms with Crippen LogP contribution in [0.3, 0.4) is 0 Å². The zero-order chi connectivity index (χ0) is 14.8. The zero-order valence-electron chi connectivity index (χ0n) is 13.3. The summed E-state index contributed by atoms with van der Waals surface area (Å²) in [6.07, 6.45) is 2.39. The molecule has 3 heteroatoms. The van der Waals surface area contributed by atoms with Crippen molar-refractivity contribution in [2.24, 2.45) is 0 Å². The van der Waals surface area contributed by atoms with Gasteiger partial charge < -0.3 is 14.8 Å². The molecule has 0 amide bonds. The Balaban J connectivity index is 2.63. The lowest BCUT2D eigenvalue weighted by atomic mass is 10.1. The second kappa shape index (κ2) is 9.78. The average molecular weight is 279 g/mol. The van der Waals surface area contributed by atoms with E-state index in [1.807, 2.05) is 26.0 Å². The Labute approximate surface area is 123 Å². The molecule has 3 nitrogen and oxygen atoms in total. The lowest BCUT2D eigenvalue weighted by molar-refractivity contribution is 0.112. The Morgan fingerprint density at radius 2 is 1.75 bits per heavy atom. The summed E-state index contributed by atoms with van der Waals surface area (Å²) in [6, 6.07) is 8.58. The molecule has 1 atom stereocenters. The van der Waals surface area contributed by atoms with Crippen molar-refractivity contribution in [3.8, 4) is 5.75 Å². The Hall–Kier alpha value is -1.06. The number of rotatable bonds is 10. The highest BCUT2D eigenvalue weighted by Crippen LogP contribution is 2.19. The quantitative estimate of drug-likeness (QED) is 0.658. The van der Waals surface area contributed by atoms with E-state index in [4.69, 9.17) is 9.47 Å². The number of ether oxygens (including phenoxy) is 2. The molecule has 1 aromatic carbocycles. The third-order valence-corrected chi connectivity index (χ3v) is 2.93. The molecule has 114 valence electrons. The van der Waals surface area contributed by atoms with E-state index in [1.165, 1.54) is 5.56 Å². The van der Waals surface area contributed by atoms with Gasteiger partial charge in [0.05, 0.1) is 18.8 Å². The molecule has 0 fully saturated rings. The Bertz CT molecular complexity index is 349. The molecule has 0 aromatic heterocycles. The molecule has 0 aliphatic heterocycles. The van der Waals surface area contributed by atoms with Crippen LogP contribution in [0.4, 0.5) is 0 Å². The second-order valence-electron chi connectivity index (χ2n) is 5.32. The highest BCUT2D eigenvalue weighted by atomic mass is 16.5. The van der Waals surface area contributed by atoms with Crippen molar-refractivity contribution < 1.29 is 9.47 Å². The van der Waals surface area contributed by atoms with Gasteiger partial charge >= 0.3 is 0 Å². The fourth-order valence-corrected chi connectivity index (χ4v) is 1.99. The summed E-state index contributed by atoms with van der Waals surface area (Å²) in [6.45, 7) is 10.9. The van der Waals surface area contributed by atoms with Crippen LogP contribution in [0.25, 0.3) is 0 Å². The maximum Gasteiger partial charge on any atom is 0.119 e. The van der Waals surface area contributed by atoms with Gasteiger partial charge in [-0.2, -0.15) is 0 Å². The lowest BCUT2D eigenvalue weighted by Crippen LogP contribution is -2.26. The van der Waals surface area contributed by atoms with Crippen LogP contribution in [0, 0.1) is 0 Å². The molecule has 0 spiro atoms. The van der Waals surface area contributed by atoms with E-state index in [1.54, 1.807) is 0 Å². The van der Waals surface area contributed by atoms with Crippen molar-refractivity contribution in [3.63, 3.8) is 0 Å². The van der Waals surface area contributed by atoms with E-state index in [0.29, 0.717) is 0 Å². The van der Waals surface area contributed by atoms with Gasteiger partial charge in [0.1, 0.15) is 5.75 Å². The van der Waals surface area contributed by atoms with Gasteiger partial charge in [0.25, 0.3) is 0 Å². The summed E-state index contributed by atoms with van der Waals surface area (Å²) in [4.78, 5) is 0. The molecule has 1 rings (SSSR count). The second-order valence-corrected chi connectivity index (χ2v) is 5.32. The van der Waals surface area contributed by atoms with Crippen molar-refractivity contribution in [3.05, 3.63) is 29.8 Å². The molecule has 0 aliphatic carbocycles. The summed E-state index contributed by atoms with van der Waals surface area (Å²) in [5, 5.41) is 3.54. The normalized spacial score (nSPS) is 12.7. The van der Waals surface area contributed by atoms with Crippen LogP contribution in [0.15, 0.2) is 24.3 Å². The minimum Gasteiger partial charge on any atom is -0.491 e. The van der Waals surface area contributed by atoms with Crippen LogP contribution < -0.4 is 10.1 Å². The van der Waals surface area contributed by atoms with Gasteiger partial charge in [-0.15, -0.1) is 0 Å². The first-order valence-corrected chi connectivity index (χ1v) is 7.75. The topological polar surface area (TPSA) is 30.5 Å². The minimum atomic E-state index is 0.211. The monoisotopic (exact) mass is 279 g/mol. The first-order chi connectivity index (χ1) is 9.67. The van der Waals surface area contributed by atoms with Gasteiger partial charge in [0.2, 0.25) is 0 Å². The predicted octanol–water partition coefficient (Wildman–Crippen LogP) is 3.94. The Morgan fingerprint density at radius 1 is 1.05 bits per heavy atom. The van der Waals surface area contributed by atoms with Crippen LogP contribution in [-0.4, -0.2) is 25.9 Å². The van der Waals surface area contributed by atoms with E-state index in [-0.39, 0.29) is 12.1 Å². The number of nitrogens with one attached hydrogen (secondary N) is 1. The summed E-state index contributed by atoms with van der Waals surface area (Å²) in [5.41, 5.74) is 1.26. The fraction of sp³-hybridized carbons (Fsp3) is 0.647. The van der Waals surface area contributed by atoms with Gasteiger partial charge in [-0.1, -0.05) is 26.0 Å². The predicted molar refractivity (Wildman–Crippen MR) is 84.4 cm³/mol. The Kier molecular flexibility index (Phi) is 8.31. The molecule has 0 aliphatic rings. The summed E-state index contributed by atoms with van der Waals surface area (Å²) in [5.74, 6) is 0.924. The van der Waals surface area contributed by atoms with Crippen LogP contribution in [0.1, 0.15) is 52.1 Å². The average Bonchev–Trinajstić information content (AvgIpc) is 2.43. The van der Waals surface area contributed by atoms with Gasteiger partial charge in [-0.25, -0.2) is 0 Å². The van der Waals surface area contributed by atoms with Crippen molar-refractivity contribution in [1.82, 2.24) is 5.32 Å². The molecule has 1 unspecified atom stereocenters. The molecule has 1 aromatic rings. The number of benzene rings is 1. The molecule has 0 bridgehead atoms. The molecular weight excluding hydrogens is 250 g/mol. The summed E-state index contributed by atoms with van der Waals surface area (Å²) < 4.78 is 11.4. The Morgan fingerprint density at radius 3 is 2.30 bits per heavy atom. The lowest BCUT2D eigenvalue weighted by Gasteiger charge is -2.19. The van der Waals surface area contributed by atoms with Gasteiger partial charge in [0, 0.05) is 6.61 Å². The van der Waals surface area contributed by atoms with Crippen molar-refractivity contribution in [2.45, 2.75) is 52.7 Å². The van der Waals surface area contributed by atoms with Crippen LogP contribution in [0.2, 0.25) is 0 Å². The summed E-state index contributed by atoms with van der Waals surface area (Å²) in [7, 11) is 0. The van der Waals surface area contributed by atoms with Crippen LogP contribution >= 0.6 is 0 Å². The fourth-order valence-electron chi connectivity index (χ4n) is 1.99. The van der Waals surface area contributed by atoms with E-state index in [9.17, 15) is 0 Å². The largest absolute Gasteiger partial charge is 0.491 e. The van der Waals surface area contributed by atoms with Gasteiger partial charge in [0.15, 0.2) is 0 Å². The third-order valence-electron chi connectivity index (χ3n) is 2.93. The van der Waals surface area contributed by atoms with Crippen molar-refractivity contribution >= 4 is 0 Å². The number of hydrogen-bond acceptors (Lipinski definition) is 3. The first kappa shape index (κ1) is 17.0. The molecule has 0 radical (unpaired) electrons. The van der Waals surface area contributed by atoms with E-state index < -0.39 is 0 Å². The van der Waals surface area contributed by atoms with E-state index in [2.05, 4.69) is 31.3 Å². The molecule has 0 saturated carbocycles. The van der Waals surface area contributed by atoms with Gasteiger partial charge in [-0.3, -0.25) is 0 Å². The maximum atomic E-state index is 5.70. The number of hydrogen-bond donors (Lipinski definition) is 1. The van der Waals surface area contributed by atoms with Crippen molar-refractivity contribution in [2.75, 3.05) is 19.8 Å². The third kappa shape index (κ3) is 6.40. The molecule has 0 heterocycles. The minimum absolute atomic E-state index is 0.211. The molecule has 0 saturated heterocycles. The van der Waals surface area contributed by atoms with E-state index in [0.717, 1.165) is 38.3 Å². The molecule has 1 N–H and O–H groups in total. The van der Waals surface area contributed by atoms with Crippen molar-refractivity contribution in [1.29, 1.82) is 0 Å². The highest BCUT2D eigenvalue weighted by Gasteiger charge is 2.11. The van der Waals surface area contributed by atoms with Gasteiger partial charge in [-0.05, 0) is 50.9 Å².